The van der Waals surface area contributed by atoms with Gasteiger partial charge in [-0.15, -0.1) is 0 Å². The van der Waals surface area contributed by atoms with Gasteiger partial charge in [0.1, 0.15) is 0 Å². The Morgan fingerprint density at radius 3 is 2.52 bits per heavy atom. The summed E-state index contributed by atoms with van der Waals surface area (Å²) < 4.78 is 11.2. The summed E-state index contributed by atoms with van der Waals surface area (Å²) in [5.74, 6) is 1.67. The van der Waals surface area contributed by atoms with Crippen molar-refractivity contribution in [3.8, 4) is 11.5 Å². The first-order valence-electron chi connectivity index (χ1n) is 10.2. The fourth-order valence-corrected chi connectivity index (χ4v) is 4.27. The quantitative estimate of drug-likeness (QED) is 0.813. The normalized spacial score (nSPS) is 20.6. The van der Waals surface area contributed by atoms with Crippen molar-refractivity contribution in [2.24, 2.45) is 5.92 Å². The second-order valence-corrected chi connectivity index (χ2v) is 7.45. The van der Waals surface area contributed by atoms with Crippen molar-refractivity contribution in [2.45, 2.75) is 26.3 Å². The Labute approximate surface area is 170 Å². The predicted molar refractivity (Wildman–Crippen MR) is 108 cm³/mol. The van der Waals surface area contributed by atoms with Crippen molar-refractivity contribution in [3.63, 3.8) is 0 Å². The molecule has 2 amide bonds. The summed E-state index contributed by atoms with van der Waals surface area (Å²) in [5.41, 5.74) is 1.30. The van der Waals surface area contributed by atoms with Crippen molar-refractivity contribution in [1.82, 2.24) is 14.8 Å². The molecule has 0 unspecified atom stereocenters. The fraction of sp³-hybridized carbons (Fsp3) is 0.455. The van der Waals surface area contributed by atoms with E-state index in [1.54, 1.807) is 36.7 Å². The summed E-state index contributed by atoms with van der Waals surface area (Å²) in [4.78, 5) is 32.4. The molecular weight excluding hydrogens is 370 g/mol. The number of amides is 2. The van der Waals surface area contributed by atoms with Crippen LogP contribution in [0.25, 0.3) is 0 Å². The van der Waals surface area contributed by atoms with E-state index in [0.29, 0.717) is 61.4 Å². The predicted octanol–water partition coefficient (Wildman–Crippen LogP) is 2.80. The van der Waals surface area contributed by atoms with Crippen molar-refractivity contribution in [2.75, 3.05) is 32.8 Å². The molecule has 2 aromatic rings. The largest absolute Gasteiger partial charge is 0.490 e. The lowest BCUT2D eigenvalue weighted by molar-refractivity contribution is -0.0226. The minimum Gasteiger partial charge on any atom is -0.490 e. The Morgan fingerprint density at radius 2 is 1.83 bits per heavy atom. The van der Waals surface area contributed by atoms with Gasteiger partial charge in [-0.2, -0.15) is 0 Å². The lowest BCUT2D eigenvalue weighted by Gasteiger charge is -2.53. The molecule has 29 heavy (non-hydrogen) atoms. The number of H-pyrrole nitrogens is 1. The molecule has 7 nitrogen and oxygen atoms in total. The zero-order chi connectivity index (χ0) is 20.4. The summed E-state index contributed by atoms with van der Waals surface area (Å²) in [6.45, 7) is 6.93. The number of ether oxygens (including phenoxy) is 2. The Morgan fingerprint density at radius 1 is 1.03 bits per heavy atom. The molecular formula is C22H27N3O4. The summed E-state index contributed by atoms with van der Waals surface area (Å²) >= 11 is 0. The number of carbonyl (C=O) groups excluding carboxylic acids is 2. The first-order valence-corrected chi connectivity index (χ1v) is 10.2. The number of aromatic amines is 1. The molecule has 2 fully saturated rings. The third-order valence-electron chi connectivity index (χ3n) is 5.71. The zero-order valence-corrected chi connectivity index (χ0v) is 16.9. The van der Waals surface area contributed by atoms with E-state index in [1.807, 2.05) is 23.6 Å². The molecule has 3 heterocycles. The maximum absolute atomic E-state index is 13.1. The molecule has 4 rings (SSSR count). The molecule has 2 saturated heterocycles. The third-order valence-corrected chi connectivity index (χ3v) is 5.71. The van der Waals surface area contributed by atoms with E-state index in [2.05, 4.69) is 4.98 Å². The van der Waals surface area contributed by atoms with E-state index >= 15 is 0 Å². The lowest BCUT2D eigenvalue weighted by atomic mass is 9.82. The number of hydrogen-bond acceptors (Lipinski definition) is 4. The second kappa shape index (κ2) is 8.19. The maximum Gasteiger partial charge on any atom is 0.255 e. The molecule has 2 atom stereocenters. The zero-order valence-electron chi connectivity index (χ0n) is 16.9. The van der Waals surface area contributed by atoms with Crippen LogP contribution >= 0.6 is 0 Å². The first-order chi connectivity index (χ1) is 14.1. The van der Waals surface area contributed by atoms with Gasteiger partial charge in [0.15, 0.2) is 11.5 Å². The molecule has 0 spiro atoms. The van der Waals surface area contributed by atoms with Gasteiger partial charge in [0, 0.05) is 49.6 Å². The number of piperidine rings is 1. The monoisotopic (exact) mass is 397 g/mol. The van der Waals surface area contributed by atoms with Crippen LogP contribution in [0.3, 0.4) is 0 Å². The molecule has 1 aromatic heterocycles. The summed E-state index contributed by atoms with van der Waals surface area (Å²) in [5, 5.41) is 0. The van der Waals surface area contributed by atoms with Gasteiger partial charge in [0.25, 0.3) is 11.8 Å². The Hall–Kier alpha value is -2.96. The molecule has 2 aliphatic rings. The number of likely N-dealkylation sites (tertiary alicyclic amines) is 2. The number of benzene rings is 1. The number of nitrogens with zero attached hydrogens (tertiary/aromatic N) is 2. The molecule has 7 heteroatoms. The average Bonchev–Trinajstić information content (AvgIpc) is 3.24. The summed E-state index contributed by atoms with van der Waals surface area (Å²) in [7, 11) is 0. The van der Waals surface area contributed by atoms with Crippen LogP contribution < -0.4 is 9.47 Å². The van der Waals surface area contributed by atoms with Crippen LogP contribution in [0.1, 0.15) is 41.0 Å². The van der Waals surface area contributed by atoms with Gasteiger partial charge in [-0.25, -0.2) is 0 Å². The topological polar surface area (TPSA) is 74.9 Å². The standard InChI is InChI=1S/C22H27N3O4/c1-3-28-19-6-5-15(11-20(19)29-4-2)22(27)25-14-17-13-24(10-8-18(17)25)21(26)16-7-9-23-12-16/h5-7,9,11-12,17-18,23H,3-4,8,10,13-14H2,1-2H3/t17-,18-/m0/s1. The first kappa shape index (κ1) is 19.4. The van der Waals surface area contributed by atoms with Gasteiger partial charge in [-0.3, -0.25) is 9.59 Å². The minimum atomic E-state index is 0.0145. The highest BCUT2D eigenvalue weighted by atomic mass is 16.5. The highest BCUT2D eigenvalue weighted by molar-refractivity contribution is 5.96. The Kier molecular flexibility index (Phi) is 5.47. The van der Waals surface area contributed by atoms with Gasteiger partial charge in [0.05, 0.1) is 18.8 Å². The molecule has 2 aliphatic heterocycles. The Bertz CT molecular complexity index is 880. The molecule has 0 aliphatic carbocycles. The van der Waals surface area contributed by atoms with Gasteiger partial charge >= 0.3 is 0 Å². The highest BCUT2D eigenvalue weighted by Gasteiger charge is 2.46. The van der Waals surface area contributed by atoms with E-state index in [0.717, 1.165) is 6.42 Å². The van der Waals surface area contributed by atoms with E-state index < -0.39 is 0 Å². The average molecular weight is 397 g/mol. The van der Waals surface area contributed by atoms with Crippen LogP contribution in [-0.2, 0) is 0 Å². The number of fused-ring (bicyclic) bond motifs is 1. The maximum atomic E-state index is 13.1. The SMILES string of the molecule is CCOc1ccc(C(=O)N2C[C@@H]3CN(C(=O)c4cc[nH]c4)CC[C@@H]32)cc1OCC. The van der Waals surface area contributed by atoms with Crippen LogP contribution in [0.4, 0.5) is 0 Å². The van der Waals surface area contributed by atoms with Gasteiger partial charge in [-0.1, -0.05) is 0 Å². The van der Waals surface area contributed by atoms with Gasteiger partial charge < -0.3 is 24.3 Å². The number of hydrogen-bond donors (Lipinski definition) is 1. The van der Waals surface area contributed by atoms with Gasteiger partial charge in [-0.05, 0) is 44.5 Å². The van der Waals surface area contributed by atoms with Crippen LogP contribution in [0.15, 0.2) is 36.7 Å². The minimum absolute atomic E-state index is 0.0145. The second-order valence-electron chi connectivity index (χ2n) is 7.45. The van der Waals surface area contributed by atoms with Crippen molar-refractivity contribution in [3.05, 3.63) is 47.8 Å². The number of rotatable bonds is 6. The Balaban J connectivity index is 1.41. The lowest BCUT2D eigenvalue weighted by Crippen LogP contribution is -2.65. The summed E-state index contributed by atoms with van der Waals surface area (Å²) in [6.07, 6.45) is 4.30. The number of aromatic nitrogens is 1. The van der Waals surface area contributed by atoms with Crippen LogP contribution in [0, 0.1) is 5.92 Å². The van der Waals surface area contributed by atoms with Crippen molar-refractivity contribution in [1.29, 1.82) is 0 Å². The van der Waals surface area contributed by atoms with E-state index in [4.69, 9.17) is 9.47 Å². The van der Waals surface area contributed by atoms with Crippen molar-refractivity contribution < 1.29 is 19.1 Å². The molecule has 1 N–H and O–H groups in total. The molecule has 1 aromatic carbocycles. The van der Waals surface area contributed by atoms with Crippen LogP contribution in [-0.4, -0.2) is 65.5 Å². The van der Waals surface area contributed by atoms with Crippen LogP contribution in [0.5, 0.6) is 11.5 Å². The van der Waals surface area contributed by atoms with E-state index in [-0.39, 0.29) is 17.9 Å². The van der Waals surface area contributed by atoms with Gasteiger partial charge in [0.2, 0.25) is 0 Å². The van der Waals surface area contributed by atoms with Crippen molar-refractivity contribution >= 4 is 11.8 Å². The fourth-order valence-electron chi connectivity index (χ4n) is 4.27. The molecule has 154 valence electrons. The summed E-state index contributed by atoms with van der Waals surface area (Å²) in [6, 6.07) is 7.37. The molecule has 0 bridgehead atoms. The third kappa shape index (κ3) is 3.69. The number of carbonyl (C=O) groups is 2. The smallest absolute Gasteiger partial charge is 0.255 e. The molecule has 0 saturated carbocycles. The van der Waals surface area contributed by atoms with Crippen LogP contribution in [0.2, 0.25) is 0 Å². The van der Waals surface area contributed by atoms with E-state index in [1.165, 1.54) is 0 Å². The molecule has 0 radical (unpaired) electrons. The number of nitrogens with one attached hydrogen (secondary N) is 1. The van der Waals surface area contributed by atoms with E-state index in [9.17, 15) is 9.59 Å². The highest BCUT2D eigenvalue weighted by Crippen LogP contribution is 2.35.